The van der Waals surface area contributed by atoms with Crippen LogP contribution in [0.5, 0.6) is 11.5 Å². The molecule has 1 heterocycles. The maximum Gasteiger partial charge on any atom is 0.133 e. The molecule has 1 unspecified atom stereocenters. The van der Waals surface area contributed by atoms with E-state index in [1.807, 2.05) is 24.3 Å². The smallest absolute Gasteiger partial charge is 0.133 e. The van der Waals surface area contributed by atoms with E-state index in [-0.39, 0.29) is 5.75 Å². The summed E-state index contributed by atoms with van der Waals surface area (Å²) in [5.41, 5.74) is 1.58. The van der Waals surface area contributed by atoms with E-state index in [0.717, 1.165) is 11.1 Å². The fourth-order valence-electron chi connectivity index (χ4n) is 1.98. The standard InChI is InChI=1S/C15H12O3/c16-11-7-5-10(6-8-11)15-9-13(17)12-3-1-2-4-14(12)18-15/h1-9,13,16-17H. The minimum Gasteiger partial charge on any atom is -0.508 e. The van der Waals surface area contributed by atoms with Crippen LogP contribution in [-0.4, -0.2) is 10.2 Å². The van der Waals surface area contributed by atoms with E-state index in [1.165, 1.54) is 0 Å². The molecule has 0 aromatic heterocycles. The molecule has 0 radical (unpaired) electrons. The average molecular weight is 240 g/mol. The van der Waals surface area contributed by atoms with Crippen LogP contribution in [0.2, 0.25) is 0 Å². The van der Waals surface area contributed by atoms with Crippen LogP contribution in [0.25, 0.3) is 5.76 Å². The van der Waals surface area contributed by atoms with Crippen LogP contribution in [0.4, 0.5) is 0 Å². The summed E-state index contributed by atoms with van der Waals surface area (Å²) >= 11 is 0. The largest absolute Gasteiger partial charge is 0.508 e. The quantitative estimate of drug-likeness (QED) is 0.805. The van der Waals surface area contributed by atoms with Gasteiger partial charge in [0.25, 0.3) is 0 Å². The van der Waals surface area contributed by atoms with Gasteiger partial charge in [-0.1, -0.05) is 18.2 Å². The first-order valence-electron chi connectivity index (χ1n) is 5.70. The number of benzene rings is 2. The van der Waals surface area contributed by atoms with Crippen LogP contribution in [0.3, 0.4) is 0 Å². The van der Waals surface area contributed by atoms with Gasteiger partial charge in [0.1, 0.15) is 23.4 Å². The molecule has 0 fully saturated rings. The number of ether oxygens (including phenoxy) is 1. The van der Waals surface area contributed by atoms with Crippen molar-refractivity contribution in [3.8, 4) is 11.5 Å². The molecule has 3 rings (SSSR count). The number of rotatable bonds is 1. The molecule has 0 spiro atoms. The monoisotopic (exact) mass is 240 g/mol. The summed E-state index contributed by atoms with van der Waals surface area (Å²) in [6, 6.07) is 14.1. The molecule has 1 aliphatic heterocycles. The van der Waals surface area contributed by atoms with Gasteiger partial charge in [0.2, 0.25) is 0 Å². The van der Waals surface area contributed by atoms with Crippen LogP contribution in [-0.2, 0) is 0 Å². The summed E-state index contributed by atoms with van der Waals surface area (Å²) in [6.45, 7) is 0. The fourth-order valence-corrected chi connectivity index (χ4v) is 1.98. The lowest BCUT2D eigenvalue weighted by atomic mass is 10.0. The van der Waals surface area contributed by atoms with Crippen molar-refractivity contribution < 1.29 is 14.9 Å². The van der Waals surface area contributed by atoms with E-state index in [0.29, 0.717) is 11.5 Å². The Hall–Kier alpha value is -2.26. The fraction of sp³-hybridized carbons (Fsp3) is 0.0667. The Kier molecular flexibility index (Phi) is 2.54. The Labute approximate surface area is 105 Å². The minimum absolute atomic E-state index is 0.205. The van der Waals surface area contributed by atoms with Crippen molar-refractivity contribution in [2.75, 3.05) is 0 Å². The molecule has 2 aromatic carbocycles. The van der Waals surface area contributed by atoms with Gasteiger partial charge >= 0.3 is 0 Å². The Morgan fingerprint density at radius 3 is 2.44 bits per heavy atom. The van der Waals surface area contributed by atoms with Crippen LogP contribution < -0.4 is 4.74 Å². The van der Waals surface area contributed by atoms with Gasteiger partial charge in [-0.2, -0.15) is 0 Å². The highest BCUT2D eigenvalue weighted by molar-refractivity contribution is 5.66. The first kappa shape index (κ1) is 10.9. The first-order valence-corrected chi connectivity index (χ1v) is 5.70. The van der Waals surface area contributed by atoms with Crippen molar-refractivity contribution in [2.24, 2.45) is 0 Å². The minimum atomic E-state index is -0.668. The molecule has 1 atom stereocenters. The molecule has 2 N–H and O–H groups in total. The van der Waals surface area contributed by atoms with E-state index >= 15 is 0 Å². The van der Waals surface area contributed by atoms with Crippen molar-refractivity contribution in [2.45, 2.75) is 6.10 Å². The first-order chi connectivity index (χ1) is 8.74. The molecule has 2 aromatic rings. The lowest BCUT2D eigenvalue weighted by Crippen LogP contribution is -2.08. The van der Waals surface area contributed by atoms with Gasteiger partial charge in [-0.05, 0) is 36.4 Å². The zero-order valence-electron chi connectivity index (χ0n) is 9.58. The van der Waals surface area contributed by atoms with E-state index in [1.54, 1.807) is 30.3 Å². The number of hydrogen-bond acceptors (Lipinski definition) is 3. The molecule has 0 amide bonds. The lowest BCUT2D eigenvalue weighted by Gasteiger charge is -2.21. The molecule has 1 aliphatic rings. The predicted octanol–water partition coefficient (Wildman–Crippen LogP) is 2.86. The second-order valence-electron chi connectivity index (χ2n) is 4.16. The summed E-state index contributed by atoms with van der Waals surface area (Å²) in [5.74, 6) is 1.47. The molecular weight excluding hydrogens is 228 g/mol. The third kappa shape index (κ3) is 1.85. The zero-order valence-corrected chi connectivity index (χ0v) is 9.58. The second-order valence-corrected chi connectivity index (χ2v) is 4.16. The molecule has 3 heteroatoms. The SMILES string of the molecule is Oc1ccc(C2=CC(O)c3ccccc3O2)cc1. The Balaban J connectivity index is 1.99. The zero-order chi connectivity index (χ0) is 12.5. The van der Waals surface area contributed by atoms with Crippen molar-refractivity contribution in [1.29, 1.82) is 0 Å². The molecule has 18 heavy (non-hydrogen) atoms. The normalized spacial score (nSPS) is 17.6. The number of aliphatic hydroxyl groups is 1. The predicted molar refractivity (Wildman–Crippen MR) is 68.1 cm³/mol. The molecule has 0 saturated heterocycles. The van der Waals surface area contributed by atoms with Crippen molar-refractivity contribution in [3.63, 3.8) is 0 Å². The van der Waals surface area contributed by atoms with Crippen molar-refractivity contribution in [1.82, 2.24) is 0 Å². The summed E-state index contributed by atoms with van der Waals surface area (Å²) in [6.07, 6.45) is 0.994. The van der Waals surface area contributed by atoms with Crippen LogP contribution in [0.1, 0.15) is 17.2 Å². The molecular formula is C15H12O3. The number of para-hydroxylation sites is 1. The molecule has 0 bridgehead atoms. The number of phenols is 1. The highest BCUT2D eigenvalue weighted by Crippen LogP contribution is 2.35. The Bertz CT molecular complexity index is 599. The van der Waals surface area contributed by atoms with E-state index in [2.05, 4.69) is 0 Å². The third-order valence-corrected chi connectivity index (χ3v) is 2.92. The van der Waals surface area contributed by atoms with Crippen molar-refractivity contribution in [3.05, 3.63) is 65.7 Å². The maximum absolute atomic E-state index is 10.0. The highest BCUT2D eigenvalue weighted by atomic mass is 16.5. The number of hydrogen-bond donors (Lipinski definition) is 2. The van der Waals surface area contributed by atoms with Crippen LogP contribution in [0, 0.1) is 0 Å². The van der Waals surface area contributed by atoms with Gasteiger partial charge in [0.15, 0.2) is 0 Å². The maximum atomic E-state index is 10.0. The Morgan fingerprint density at radius 1 is 0.944 bits per heavy atom. The summed E-state index contributed by atoms with van der Waals surface area (Å²) in [7, 11) is 0. The molecule has 0 saturated carbocycles. The molecule has 3 nitrogen and oxygen atoms in total. The van der Waals surface area contributed by atoms with Gasteiger partial charge in [0, 0.05) is 11.1 Å². The van der Waals surface area contributed by atoms with Gasteiger partial charge in [-0.3, -0.25) is 0 Å². The summed E-state index contributed by atoms with van der Waals surface area (Å²) in [4.78, 5) is 0. The summed E-state index contributed by atoms with van der Waals surface area (Å²) < 4.78 is 5.75. The number of phenolic OH excluding ortho intramolecular Hbond substituents is 1. The van der Waals surface area contributed by atoms with E-state index in [4.69, 9.17) is 4.74 Å². The average Bonchev–Trinajstić information content (AvgIpc) is 2.39. The summed E-state index contributed by atoms with van der Waals surface area (Å²) in [5, 5.41) is 19.3. The van der Waals surface area contributed by atoms with Gasteiger partial charge in [-0.25, -0.2) is 0 Å². The number of aliphatic hydroxyl groups excluding tert-OH is 1. The lowest BCUT2D eigenvalue weighted by molar-refractivity contribution is 0.217. The molecule has 90 valence electrons. The molecule has 0 aliphatic carbocycles. The number of aromatic hydroxyl groups is 1. The third-order valence-electron chi connectivity index (χ3n) is 2.92. The highest BCUT2D eigenvalue weighted by Gasteiger charge is 2.20. The van der Waals surface area contributed by atoms with Crippen LogP contribution >= 0.6 is 0 Å². The van der Waals surface area contributed by atoms with Gasteiger partial charge in [-0.15, -0.1) is 0 Å². The Morgan fingerprint density at radius 2 is 1.67 bits per heavy atom. The van der Waals surface area contributed by atoms with Crippen LogP contribution in [0.15, 0.2) is 54.6 Å². The topological polar surface area (TPSA) is 49.7 Å². The van der Waals surface area contributed by atoms with E-state index in [9.17, 15) is 10.2 Å². The second kappa shape index (κ2) is 4.20. The van der Waals surface area contributed by atoms with Crippen molar-refractivity contribution >= 4 is 5.76 Å². The van der Waals surface area contributed by atoms with E-state index < -0.39 is 6.10 Å². The number of fused-ring (bicyclic) bond motifs is 1. The van der Waals surface area contributed by atoms with Gasteiger partial charge < -0.3 is 14.9 Å². The van der Waals surface area contributed by atoms with Gasteiger partial charge in [0.05, 0.1) is 0 Å².